The maximum atomic E-state index is 11.7. The van der Waals surface area contributed by atoms with E-state index in [2.05, 4.69) is 15.6 Å². The molecule has 0 aliphatic rings. The third-order valence-corrected chi connectivity index (χ3v) is 2.84. The summed E-state index contributed by atoms with van der Waals surface area (Å²) in [6.07, 6.45) is 1.68. The number of carbonyl (C=O) groups is 1. The van der Waals surface area contributed by atoms with E-state index in [1.165, 1.54) is 0 Å². The van der Waals surface area contributed by atoms with Crippen LogP contribution in [-0.2, 0) is 4.79 Å². The highest BCUT2D eigenvalue weighted by atomic mass is 35.5. The molecule has 0 unspecified atom stereocenters. The van der Waals surface area contributed by atoms with Crippen molar-refractivity contribution >= 4 is 34.1 Å². The molecule has 1 aromatic heterocycles. The fourth-order valence-corrected chi connectivity index (χ4v) is 1.89. The van der Waals surface area contributed by atoms with E-state index in [0.717, 1.165) is 17.6 Å². The lowest BCUT2D eigenvalue weighted by atomic mass is 10.2. The van der Waals surface area contributed by atoms with Gasteiger partial charge in [0, 0.05) is 11.6 Å². The lowest BCUT2D eigenvalue weighted by molar-refractivity contribution is -0.115. The van der Waals surface area contributed by atoms with Crippen molar-refractivity contribution in [3.05, 3.63) is 35.5 Å². The lowest BCUT2D eigenvalue weighted by Gasteiger charge is -2.09. The Bertz CT molecular complexity index is 571. The number of pyridine rings is 1. The molecule has 1 heterocycles. The van der Waals surface area contributed by atoms with Crippen molar-refractivity contribution in [3.8, 4) is 0 Å². The topological polar surface area (TPSA) is 54.0 Å². The van der Waals surface area contributed by atoms with Crippen molar-refractivity contribution in [2.45, 2.75) is 6.92 Å². The monoisotopic (exact) mass is 263 g/mol. The zero-order chi connectivity index (χ0) is 13.0. The summed E-state index contributed by atoms with van der Waals surface area (Å²) < 4.78 is 0. The minimum atomic E-state index is -0.0793. The predicted molar refractivity (Wildman–Crippen MR) is 73.9 cm³/mol. The van der Waals surface area contributed by atoms with Gasteiger partial charge in [0.15, 0.2) is 0 Å². The Morgan fingerprint density at radius 2 is 2.22 bits per heavy atom. The Morgan fingerprint density at radius 3 is 3.00 bits per heavy atom. The Kier molecular flexibility index (Phi) is 4.12. The van der Waals surface area contributed by atoms with Gasteiger partial charge in [0.1, 0.15) is 0 Å². The van der Waals surface area contributed by atoms with Crippen LogP contribution < -0.4 is 10.6 Å². The van der Waals surface area contributed by atoms with Crippen molar-refractivity contribution in [2.24, 2.45) is 0 Å². The molecule has 1 amide bonds. The molecule has 18 heavy (non-hydrogen) atoms. The molecular weight excluding hydrogens is 250 g/mol. The van der Waals surface area contributed by atoms with Gasteiger partial charge in [-0.15, -0.1) is 0 Å². The first-order valence-electron chi connectivity index (χ1n) is 5.76. The van der Waals surface area contributed by atoms with Gasteiger partial charge in [-0.05, 0) is 30.8 Å². The van der Waals surface area contributed by atoms with Crippen LogP contribution in [0, 0.1) is 0 Å². The van der Waals surface area contributed by atoms with Crippen molar-refractivity contribution in [1.29, 1.82) is 0 Å². The smallest absolute Gasteiger partial charge is 0.238 e. The van der Waals surface area contributed by atoms with Crippen molar-refractivity contribution in [1.82, 2.24) is 10.3 Å². The molecule has 5 heteroatoms. The van der Waals surface area contributed by atoms with Gasteiger partial charge in [-0.2, -0.15) is 0 Å². The van der Waals surface area contributed by atoms with E-state index in [-0.39, 0.29) is 5.91 Å². The Hall–Kier alpha value is -1.65. The van der Waals surface area contributed by atoms with Crippen molar-refractivity contribution in [2.75, 3.05) is 18.4 Å². The van der Waals surface area contributed by atoms with Gasteiger partial charge < -0.3 is 10.6 Å². The first-order chi connectivity index (χ1) is 8.72. The van der Waals surface area contributed by atoms with Crippen LogP contribution in [0.25, 0.3) is 10.9 Å². The molecule has 2 aromatic rings. The standard InChI is InChI=1S/C13H14ClN3O/c1-2-15-8-12(18)17-11-6-5-10(14)13-9(11)4-3-7-16-13/h3-7,15H,2,8H2,1H3,(H,17,18). The number of aromatic nitrogens is 1. The van der Waals surface area contributed by atoms with E-state index in [0.29, 0.717) is 17.1 Å². The number of benzene rings is 1. The number of hydrogen-bond acceptors (Lipinski definition) is 3. The number of rotatable bonds is 4. The third-order valence-electron chi connectivity index (χ3n) is 2.53. The molecule has 0 spiro atoms. The van der Waals surface area contributed by atoms with Crippen LogP contribution in [0.5, 0.6) is 0 Å². The van der Waals surface area contributed by atoms with E-state index in [9.17, 15) is 4.79 Å². The summed E-state index contributed by atoms with van der Waals surface area (Å²) in [6, 6.07) is 7.23. The highest BCUT2D eigenvalue weighted by Gasteiger charge is 2.08. The average molecular weight is 264 g/mol. The fraction of sp³-hybridized carbons (Fsp3) is 0.231. The van der Waals surface area contributed by atoms with Crippen LogP contribution in [0.1, 0.15) is 6.92 Å². The molecule has 4 nitrogen and oxygen atoms in total. The minimum absolute atomic E-state index is 0.0793. The second-order valence-corrected chi connectivity index (χ2v) is 4.23. The molecule has 0 radical (unpaired) electrons. The van der Waals surface area contributed by atoms with Crippen LogP contribution in [0.3, 0.4) is 0 Å². The zero-order valence-electron chi connectivity index (χ0n) is 10.0. The minimum Gasteiger partial charge on any atom is -0.324 e. The number of nitrogens with one attached hydrogen (secondary N) is 2. The lowest BCUT2D eigenvalue weighted by Crippen LogP contribution is -2.27. The second kappa shape index (κ2) is 5.80. The number of anilines is 1. The maximum absolute atomic E-state index is 11.7. The maximum Gasteiger partial charge on any atom is 0.238 e. The molecule has 94 valence electrons. The van der Waals surface area contributed by atoms with Crippen LogP contribution in [0.2, 0.25) is 5.02 Å². The molecule has 0 aliphatic heterocycles. The van der Waals surface area contributed by atoms with Gasteiger partial charge in [-0.3, -0.25) is 9.78 Å². The fourth-order valence-electron chi connectivity index (χ4n) is 1.68. The van der Waals surface area contributed by atoms with E-state index in [4.69, 9.17) is 11.6 Å². The number of amides is 1. The van der Waals surface area contributed by atoms with Crippen LogP contribution >= 0.6 is 11.6 Å². The summed E-state index contributed by atoms with van der Waals surface area (Å²) in [5.74, 6) is -0.0793. The van der Waals surface area contributed by atoms with E-state index in [1.54, 1.807) is 18.3 Å². The molecular formula is C13H14ClN3O. The van der Waals surface area contributed by atoms with Gasteiger partial charge >= 0.3 is 0 Å². The molecule has 0 fully saturated rings. The Balaban J connectivity index is 2.29. The molecule has 0 bridgehead atoms. The molecule has 1 aromatic carbocycles. The van der Waals surface area contributed by atoms with Crippen molar-refractivity contribution < 1.29 is 4.79 Å². The SMILES string of the molecule is CCNCC(=O)Nc1ccc(Cl)c2ncccc12. The van der Waals surface area contributed by atoms with E-state index < -0.39 is 0 Å². The van der Waals surface area contributed by atoms with Gasteiger partial charge in [0.25, 0.3) is 0 Å². The number of halogens is 1. The zero-order valence-corrected chi connectivity index (χ0v) is 10.8. The number of hydrogen-bond donors (Lipinski definition) is 2. The first kappa shape index (κ1) is 12.8. The summed E-state index contributed by atoms with van der Waals surface area (Å²) >= 11 is 6.06. The predicted octanol–water partition coefficient (Wildman–Crippen LogP) is 2.44. The quantitative estimate of drug-likeness (QED) is 0.891. The Morgan fingerprint density at radius 1 is 1.39 bits per heavy atom. The number of fused-ring (bicyclic) bond motifs is 1. The number of carbonyl (C=O) groups excluding carboxylic acids is 1. The van der Waals surface area contributed by atoms with Gasteiger partial charge in [0.2, 0.25) is 5.91 Å². The third kappa shape index (κ3) is 2.78. The molecule has 2 N–H and O–H groups in total. The summed E-state index contributed by atoms with van der Waals surface area (Å²) in [4.78, 5) is 15.9. The highest BCUT2D eigenvalue weighted by Crippen LogP contribution is 2.27. The molecule has 0 atom stereocenters. The van der Waals surface area contributed by atoms with Gasteiger partial charge in [0.05, 0.1) is 22.8 Å². The largest absolute Gasteiger partial charge is 0.324 e. The molecule has 0 aliphatic carbocycles. The summed E-state index contributed by atoms with van der Waals surface area (Å²) in [5, 5.41) is 7.24. The normalized spacial score (nSPS) is 10.6. The summed E-state index contributed by atoms with van der Waals surface area (Å²) in [5.41, 5.74) is 1.42. The van der Waals surface area contributed by atoms with E-state index >= 15 is 0 Å². The van der Waals surface area contributed by atoms with Crippen molar-refractivity contribution in [3.63, 3.8) is 0 Å². The average Bonchev–Trinajstić information content (AvgIpc) is 2.40. The number of likely N-dealkylation sites (N-methyl/N-ethyl adjacent to an activating group) is 1. The first-order valence-corrected chi connectivity index (χ1v) is 6.14. The Labute approximate surface area is 110 Å². The molecule has 2 rings (SSSR count). The molecule has 0 saturated heterocycles. The van der Waals surface area contributed by atoms with E-state index in [1.807, 2.05) is 19.1 Å². The van der Waals surface area contributed by atoms with Gasteiger partial charge in [-0.1, -0.05) is 18.5 Å². The number of nitrogens with zero attached hydrogens (tertiary/aromatic N) is 1. The van der Waals surface area contributed by atoms with Gasteiger partial charge in [-0.25, -0.2) is 0 Å². The summed E-state index contributed by atoms with van der Waals surface area (Å²) in [7, 11) is 0. The summed E-state index contributed by atoms with van der Waals surface area (Å²) in [6.45, 7) is 3.01. The van der Waals surface area contributed by atoms with Crippen LogP contribution in [0.15, 0.2) is 30.5 Å². The molecule has 0 saturated carbocycles. The second-order valence-electron chi connectivity index (χ2n) is 3.82. The van der Waals surface area contributed by atoms with Crippen LogP contribution in [-0.4, -0.2) is 24.0 Å². The highest BCUT2D eigenvalue weighted by molar-refractivity contribution is 6.35. The van der Waals surface area contributed by atoms with Crippen LogP contribution in [0.4, 0.5) is 5.69 Å².